The quantitative estimate of drug-likeness (QED) is 0.194. The number of hydrogen-bond acceptors (Lipinski definition) is 9. The summed E-state index contributed by atoms with van der Waals surface area (Å²) in [7, 11) is 0. The number of pyridine rings is 1. The Morgan fingerprint density at radius 3 is 1.15 bits per heavy atom. The molecule has 0 aliphatic carbocycles. The molecule has 7 aromatic rings. The molecule has 0 spiro atoms. The van der Waals surface area contributed by atoms with Gasteiger partial charge in [-0.2, -0.15) is 19.9 Å². The predicted octanol–water partition coefficient (Wildman–Crippen LogP) is 7.41. The molecular formula is C37H27N9. The second-order valence-electron chi connectivity index (χ2n) is 10.7. The summed E-state index contributed by atoms with van der Waals surface area (Å²) in [5.41, 5.74) is 4.51. The molecule has 46 heavy (non-hydrogen) atoms. The zero-order valence-electron chi connectivity index (χ0n) is 24.7. The first kappa shape index (κ1) is 27.2. The standard InChI is InChI=1S/C37H27N9/c1-5-14-26(15-6-1)31-39-32(27-16-7-2-8-17-27)42-36(41-31)45-24-25-46(35-30(45)22-13-23-38-35)37-43-33(28-18-9-3-10-19-28)40-34(44-37)29-20-11-4-12-21-29/h1-23H,24-25H2. The number of hydrogen-bond donors (Lipinski definition) is 0. The van der Waals surface area contributed by atoms with Gasteiger partial charge >= 0.3 is 0 Å². The molecule has 0 fully saturated rings. The number of benzene rings is 4. The average molecular weight is 598 g/mol. The van der Waals surface area contributed by atoms with E-state index in [0.29, 0.717) is 54.1 Å². The third kappa shape index (κ3) is 5.30. The van der Waals surface area contributed by atoms with E-state index in [0.717, 1.165) is 27.9 Å². The molecule has 0 radical (unpaired) electrons. The summed E-state index contributed by atoms with van der Waals surface area (Å²) in [6, 6.07) is 43.8. The van der Waals surface area contributed by atoms with Crippen LogP contribution in [0.5, 0.6) is 0 Å². The molecule has 8 rings (SSSR count). The first-order chi connectivity index (χ1) is 22.8. The Bertz CT molecular complexity index is 1840. The van der Waals surface area contributed by atoms with Crippen molar-refractivity contribution in [2.24, 2.45) is 0 Å². The van der Waals surface area contributed by atoms with Crippen molar-refractivity contribution >= 4 is 23.4 Å². The van der Waals surface area contributed by atoms with Crippen molar-refractivity contribution in [3.63, 3.8) is 0 Å². The van der Waals surface area contributed by atoms with E-state index in [1.54, 1.807) is 6.20 Å². The van der Waals surface area contributed by atoms with E-state index in [1.807, 2.05) is 138 Å². The van der Waals surface area contributed by atoms with Crippen LogP contribution in [0.2, 0.25) is 0 Å². The molecule has 9 nitrogen and oxygen atoms in total. The van der Waals surface area contributed by atoms with Gasteiger partial charge in [0, 0.05) is 41.5 Å². The zero-order chi connectivity index (χ0) is 30.7. The van der Waals surface area contributed by atoms with Gasteiger partial charge in [-0.15, -0.1) is 0 Å². The lowest BCUT2D eigenvalue weighted by Gasteiger charge is -2.35. The molecule has 4 aromatic carbocycles. The fraction of sp³-hybridized carbons (Fsp3) is 0.0541. The van der Waals surface area contributed by atoms with Gasteiger partial charge in [-0.3, -0.25) is 4.90 Å². The maximum atomic E-state index is 4.97. The fourth-order valence-corrected chi connectivity index (χ4v) is 5.47. The SMILES string of the molecule is c1ccc(-c2nc(-c3ccccc3)nc(N3CCN(c4nc(-c5ccccc5)nc(-c5ccccc5)n4)c4ncccc43)n2)cc1. The summed E-state index contributed by atoms with van der Waals surface area (Å²) in [5, 5.41) is 0. The van der Waals surface area contributed by atoms with E-state index >= 15 is 0 Å². The monoisotopic (exact) mass is 597 g/mol. The summed E-state index contributed by atoms with van der Waals surface area (Å²) in [5.74, 6) is 4.19. The molecule has 4 heterocycles. The minimum atomic E-state index is 0.526. The van der Waals surface area contributed by atoms with Crippen LogP contribution in [0.15, 0.2) is 140 Å². The molecule has 0 saturated heterocycles. The van der Waals surface area contributed by atoms with Crippen LogP contribution in [0, 0.1) is 0 Å². The highest BCUT2D eigenvalue weighted by Crippen LogP contribution is 2.39. The zero-order valence-corrected chi connectivity index (χ0v) is 24.7. The molecule has 9 heteroatoms. The van der Waals surface area contributed by atoms with Crippen LogP contribution >= 0.6 is 0 Å². The Hall–Kier alpha value is -6.35. The van der Waals surface area contributed by atoms with Crippen LogP contribution in [0.3, 0.4) is 0 Å². The molecular weight excluding hydrogens is 570 g/mol. The fourth-order valence-electron chi connectivity index (χ4n) is 5.47. The largest absolute Gasteiger partial charge is 0.305 e. The molecule has 220 valence electrons. The number of nitrogens with zero attached hydrogens (tertiary/aromatic N) is 9. The minimum Gasteiger partial charge on any atom is -0.305 e. The smallest absolute Gasteiger partial charge is 0.235 e. The lowest BCUT2D eigenvalue weighted by molar-refractivity contribution is 0.786. The van der Waals surface area contributed by atoms with Crippen molar-refractivity contribution in [3.8, 4) is 45.6 Å². The summed E-state index contributed by atoms with van der Waals surface area (Å²) < 4.78 is 0. The first-order valence-electron chi connectivity index (χ1n) is 15.0. The van der Waals surface area contributed by atoms with Gasteiger partial charge in [-0.1, -0.05) is 121 Å². The van der Waals surface area contributed by atoms with E-state index in [9.17, 15) is 0 Å². The number of fused-ring (bicyclic) bond motifs is 1. The van der Waals surface area contributed by atoms with Crippen LogP contribution < -0.4 is 9.80 Å². The van der Waals surface area contributed by atoms with Gasteiger partial charge < -0.3 is 4.90 Å². The highest BCUT2D eigenvalue weighted by atomic mass is 15.4. The van der Waals surface area contributed by atoms with E-state index in [2.05, 4.69) is 4.90 Å². The molecule has 1 aliphatic heterocycles. The molecule has 1 aliphatic rings. The lowest BCUT2D eigenvalue weighted by atomic mass is 10.2. The first-order valence-corrected chi connectivity index (χ1v) is 15.0. The van der Waals surface area contributed by atoms with Gasteiger partial charge in [-0.05, 0) is 12.1 Å². The van der Waals surface area contributed by atoms with Crippen LogP contribution in [0.4, 0.5) is 23.4 Å². The van der Waals surface area contributed by atoms with Gasteiger partial charge in [0.25, 0.3) is 0 Å². The maximum Gasteiger partial charge on any atom is 0.235 e. The maximum absolute atomic E-state index is 4.97. The Balaban J connectivity index is 1.24. The third-order valence-electron chi connectivity index (χ3n) is 7.72. The van der Waals surface area contributed by atoms with Crippen molar-refractivity contribution in [2.45, 2.75) is 0 Å². The molecule has 0 bridgehead atoms. The second kappa shape index (κ2) is 12.0. The summed E-state index contributed by atoms with van der Waals surface area (Å²) >= 11 is 0. The van der Waals surface area contributed by atoms with Gasteiger partial charge in [0.15, 0.2) is 29.1 Å². The van der Waals surface area contributed by atoms with E-state index in [4.69, 9.17) is 34.9 Å². The summed E-state index contributed by atoms with van der Waals surface area (Å²) in [6.45, 7) is 1.11. The Morgan fingerprint density at radius 1 is 0.370 bits per heavy atom. The van der Waals surface area contributed by atoms with Crippen molar-refractivity contribution < 1.29 is 0 Å². The lowest BCUT2D eigenvalue weighted by Crippen LogP contribution is -2.38. The van der Waals surface area contributed by atoms with Crippen LogP contribution in [0.1, 0.15) is 0 Å². The van der Waals surface area contributed by atoms with Crippen molar-refractivity contribution in [3.05, 3.63) is 140 Å². The third-order valence-corrected chi connectivity index (χ3v) is 7.72. The Morgan fingerprint density at radius 2 is 0.739 bits per heavy atom. The average Bonchev–Trinajstić information content (AvgIpc) is 3.15. The molecule has 0 saturated carbocycles. The van der Waals surface area contributed by atoms with E-state index < -0.39 is 0 Å². The van der Waals surface area contributed by atoms with Crippen LogP contribution in [-0.2, 0) is 0 Å². The van der Waals surface area contributed by atoms with Crippen LogP contribution in [0.25, 0.3) is 45.6 Å². The van der Waals surface area contributed by atoms with E-state index in [1.165, 1.54) is 0 Å². The highest BCUT2D eigenvalue weighted by molar-refractivity contribution is 5.79. The molecule has 0 unspecified atom stereocenters. The molecule has 0 amide bonds. The van der Waals surface area contributed by atoms with Gasteiger partial charge in [-0.25, -0.2) is 15.0 Å². The topological polar surface area (TPSA) is 96.7 Å². The number of rotatable bonds is 6. The second-order valence-corrected chi connectivity index (χ2v) is 10.7. The molecule has 3 aromatic heterocycles. The Labute approximate surface area is 266 Å². The number of aromatic nitrogens is 7. The van der Waals surface area contributed by atoms with E-state index in [-0.39, 0.29) is 0 Å². The van der Waals surface area contributed by atoms with Gasteiger partial charge in [0.2, 0.25) is 11.9 Å². The normalized spacial score (nSPS) is 12.5. The van der Waals surface area contributed by atoms with Crippen molar-refractivity contribution in [2.75, 3.05) is 22.9 Å². The van der Waals surface area contributed by atoms with Gasteiger partial charge in [0.05, 0.1) is 5.69 Å². The minimum absolute atomic E-state index is 0.526. The summed E-state index contributed by atoms with van der Waals surface area (Å²) in [4.78, 5) is 38.6. The van der Waals surface area contributed by atoms with Gasteiger partial charge in [0.1, 0.15) is 0 Å². The number of anilines is 4. The molecule has 0 N–H and O–H groups in total. The Kier molecular flexibility index (Phi) is 7.08. The van der Waals surface area contributed by atoms with Crippen molar-refractivity contribution in [1.29, 1.82) is 0 Å². The summed E-state index contributed by atoms with van der Waals surface area (Å²) in [6.07, 6.45) is 1.78. The predicted molar refractivity (Wildman–Crippen MR) is 180 cm³/mol. The van der Waals surface area contributed by atoms with Crippen LogP contribution in [-0.4, -0.2) is 48.0 Å². The molecule has 0 atom stereocenters. The van der Waals surface area contributed by atoms with Crippen molar-refractivity contribution in [1.82, 2.24) is 34.9 Å². The highest BCUT2D eigenvalue weighted by Gasteiger charge is 2.30.